The van der Waals surface area contributed by atoms with Crippen molar-refractivity contribution in [3.05, 3.63) is 24.3 Å². The molecule has 0 fully saturated rings. The summed E-state index contributed by atoms with van der Waals surface area (Å²) in [6.45, 7) is 0. The highest BCUT2D eigenvalue weighted by Gasteiger charge is 1.99. The Hall–Kier alpha value is -0.670. The van der Waals surface area contributed by atoms with Crippen molar-refractivity contribution in [2.75, 3.05) is 0 Å². The molecular formula is C6H4O2S. The van der Waals surface area contributed by atoms with Crippen LogP contribution in [0.25, 0.3) is 0 Å². The fourth-order valence-corrected chi connectivity index (χ4v) is 0.803. The largest absolute Gasteiger partial charge is 0.289 e. The van der Waals surface area contributed by atoms with E-state index in [4.69, 9.17) is 0 Å². The van der Waals surface area contributed by atoms with Gasteiger partial charge in [0.2, 0.25) is 0 Å². The lowest BCUT2D eigenvalue weighted by Crippen LogP contribution is -1.66. The minimum absolute atomic E-state index is 0.197. The van der Waals surface area contributed by atoms with Gasteiger partial charge in [-0.2, -0.15) is 0 Å². The van der Waals surface area contributed by atoms with Crippen LogP contribution in [0.1, 0.15) is 0 Å². The molecule has 0 amide bonds. The topological polar surface area (TPSA) is 39.8 Å². The second-order valence-corrected chi connectivity index (χ2v) is 2.14. The maximum atomic E-state index is 10.6. The number of benzene rings is 1. The first-order valence-corrected chi connectivity index (χ1v) is 3.14. The molecule has 0 unspecified atom stereocenters. The van der Waals surface area contributed by atoms with Gasteiger partial charge in [-0.05, 0) is 12.1 Å². The molecule has 0 heterocycles. The molecule has 1 aromatic carbocycles. The van der Waals surface area contributed by atoms with E-state index in [-0.39, 0.29) is 22.7 Å². The summed E-state index contributed by atoms with van der Waals surface area (Å²) in [7, 11) is 0. The average Bonchev–Trinajstić information content (AvgIpc) is 1.89. The summed E-state index contributed by atoms with van der Waals surface area (Å²) in [5.74, 6) is -0.197. The van der Waals surface area contributed by atoms with Gasteiger partial charge in [0, 0.05) is 0 Å². The Morgan fingerprint density at radius 2 is 1.89 bits per heavy atom. The Morgan fingerprint density at radius 3 is 2.33 bits per heavy atom. The zero-order valence-corrected chi connectivity index (χ0v) is 5.35. The quantitative estimate of drug-likeness (QED) is 0.551. The molecule has 3 heteroatoms. The summed E-state index contributed by atoms with van der Waals surface area (Å²) in [4.78, 5) is 0.262. The van der Waals surface area contributed by atoms with Crippen LogP contribution in [0.2, 0.25) is 0 Å². The molecule has 0 spiro atoms. The van der Waals surface area contributed by atoms with Crippen LogP contribution in [0.3, 0.4) is 0 Å². The minimum Gasteiger partial charge on any atom is -0.289 e. The van der Waals surface area contributed by atoms with Gasteiger partial charge in [0.1, 0.15) is 0 Å². The summed E-state index contributed by atoms with van der Waals surface area (Å²) >= 11 is 0.233. The number of hydrogen-bond acceptors (Lipinski definition) is 1. The standard InChI is InChI=1S/C6H4O2S/c7-5-3-1-2-4-6(5)9-8/h1-4H. The maximum Gasteiger partial charge on any atom is 0.194 e. The van der Waals surface area contributed by atoms with E-state index in [9.17, 15) is 9.66 Å². The first-order chi connectivity index (χ1) is 4.34. The Kier molecular flexibility index (Phi) is 1.97. The fourth-order valence-electron chi connectivity index (χ4n) is 0.519. The van der Waals surface area contributed by atoms with Crippen molar-refractivity contribution in [3.63, 3.8) is 0 Å². The van der Waals surface area contributed by atoms with E-state index in [1.165, 1.54) is 12.1 Å². The molecule has 0 aliphatic rings. The van der Waals surface area contributed by atoms with Crippen molar-refractivity contribution in [2.45, 2.75) is 4.90 Å². The normalized spacial score (nSPS) is 9.44. The molecule has 0 aromatic heterocycles. The predicted molar refractivity (Wildman–Crippen MR) is 33.1 cm³/mol. The Balaban J connectivity index is 3.01. The second-order valence-electron chi connectivity index (χ2n) is 1.53. The molecule has 0 N–H and O–H groups in total. The van der Waals surface area contributed by atoms with Crippen LogP contribution in [-0.4, -0.2) is 0 Å². The molecule has 1 aromatic rings. The Bertz CT molecular complexity index is 200. The lowest BCUT2D eigenvalue weighted by atomic mass is 10.3. The Labute approximate surface area is 57.4 Å². The highest BCUT2D eigenvalue weighted by Crippen LogP contribution is 2.25. The van der Waals surface area contributed by atoms with Crippen LogP contribution in [0.15, 0.2) is 29.2 Å². The van der Waals surface area contributed by atoms with Crippen molar-refractivity contribution in [1.29, 1.82) is 0 Å². The third-order valence-corrected chi connectivity index (χ3v) is 1.46. The van der Waals surface area contributed by atoms with E-state index in [1.807, 2.05) is 0 Å². The van der Waals surface area contributed by atoms with Gasteiger partial charge in [-0.25, -0.2) is 0 Å². The van der Waals surface area contributed by atoms with E-state index < -0.39 is 0 Å². The zero-order valence-electron chi connectivity index (χ0n) is 4.53. The SMILES string of the molecule is [O]Sc1ccccc1[O]. The molecule has 0 atom stereocenters. The number of hydrogen-bond donors (Lipinski definition) is 0. The zero-order chi connectivity index (χ0) is 6.69. The highest BCUT2D eigenvalue weighted by molar-refractivity contribution is 7.93. The van der Waals surface area contributed by atoms with Crippen LogP contribution < -0.4 is 0 Å². The monoisotopic (exact) mass is 140 g/mol. The van der Waals surface area contributed by atoms with Gasteiger partial charge in [-0.15, -0.1) is 4.55 Å². The van der Waals surface area contributed by atoms with Crippen molar-refractivity contribution in [2.24, 2.45) is 0 Å². The van der Waals surface area contributed by atoms with Crippen LogP contribution in [0.4, 0.5) is 0 Å². The van der Waals surface area contributed by atoms with Gasteiger partial charge in [0.25, 0.3) is 0 Å². The van der Waals surface area contributed by atoms with Crippen LogP contribution in [0, 0.1) is 0 Å². The summed E-state index contributed by atoms with van der Waals surface area (Å²) in [6, 6.07) is 6.17. The van der Waals surface area contributed by atoms with E-state index in [1.54, 1.807) is 12.1 Å². The third kappa shape index (κ3) is 1.37. The maximum absolute atomic E-state index is 10.6. The van der Waals surface area contributed by atoms with E-state index in [2.05, 4.69) is 0 Å². The molecule has 46 valence electrons. The molecule has 2 nitrogen and oxygen atoms in total. The molecule has 1 rings (SSSR count). The number of rotatable bonds is 1. The first kappa shape index (κ1) is 6.45. The van der Waals surface area contributed by atoms with Gasteiger partial charge in [-0.1, -0.05) is 12.1 Å². The van der Waals surface area contributed by atoms with Gasteiger partial charge in [-0.3, -0.25) is 5.11 Å². The molecule has 0 saturated heterocycles. The predicted octanol–water partition coefficient (Wildman–Crippen LogP) is 2.27. The molecule has 2 radical (unpaired) electrons. The van der Waals surface area contributed by atoms with Gasteiger partial charge >= 0.3 is 0 Å². The van der Waals surface area contributed by atoms with Crippen molar-refractivity contribution < 1.29 is 9.66 Å². The van der Waals surface area contributed by atoms with Gasteiger partial charge in [0.05, 0.1) is 16.9 Å². The van der Waals surface area contributed by atoms with E-state index >= 15 is 0 Å². The molecule has 9 heavy (non-hydrogen) atoms. The van der Waals surface area contributed by atoms with Crippen molar-refractivity contribution >= 4 is 12.0 Å². The smallest absolute Gasteiger partial charge is 0.194 e. The third-order valence-electron chi connectivity index (χ3n) is 0.939. The van der Waals surface area contributed by atoms with E-state index in [0.29, 0.717) is 0 Å². The molecular weight excluding hydrogens is 136 g/mol. The highest BCUT2D eigenvalue weighted by atomic mass is 32.2. The van der Waals surface area contributed by atoms with Gasteiger partial charge < -0.3 is 0 Å². The summed E-state index contributed by atoms with van der Waals surface area (Å²) < 4.78 is 10.1. The second kappa shape index (κ2) is 2.75. The average molecular weight is 140 g/mol. The lowest BCUT2D eigenvalue weighted by molar-refractivity contribution is 0.343. The fraction of sp³-hybridized carbons (Fsp3) is 0. The molecule has 0 bridgehead atoms. The lowest BCUT2D eigenvalue weighted by Gasteiger charge is -1.90. The van der Waals surface area contributed by atoms with Crippen LogP contribution in [-0.2, 0) is 9.66 Å². The van der Waals surface area contributed by atoms with Crippen molar-refractivity contribution in [3.8, 4) is 5.75 Å². The molecule has 0 aliphatic carbocycles. The molecule has 0 aliphatic heterocycles. The first-order valence-electron chi connectivity index (χ1n) is 2.40. The molecule has 0 saturated carbocycles. The summed E-state index contributed by atoms with van der Waals surface area (Å²) in [5.41, 5.74) is 0. The number of para-hydroxylation sites is 1. The van der Waals surface area contributed by atoms with Crippen LogP contribution in [0.5, 0.6) is 5.75 Å². The van der Waals surface area contributed by atoms with Crippen LogP contribution >= 0.6 is 12.0 Å². The summed E-state index contributed by atoms with van der Waals surface area (Å²) in [6.07, 6.45) is 0. The van der Waals surface area contributed by atoms with Gasteiger partial charge in [0.15, 0.2) is 5.75 Å². The van der Waals surface area contributed by atoms with E-state index in [0.717, 1.165) is 0 Å². The Morgan fingerprint density at radius 1 is 1.22 bits per heavy atom. The van der Waals surface area contributed by atoms with Crippen molar-refractivity contribution in [1.82, 2.24) is 0 Å². The minimum atomic E-state index is -0.197. The summed E-state index contributed by atoms with van der Waals surface area (Å²) in [5, 5.41) is 10.6.